The molecule has 5 heteroatoms. The molecule has 3 rings (SSSR count). The van der Waals surface area contributed by atoms with Crippen LogP contribution < -0.4 is 5.32 Å². The summed E-state index contributed by atoms with van der Waals surface area (Å²) in [5.41, 5.74) is 2.39. The second-order valence-corrected chi connectivity index (χ2v) is 5.97. The first-order valence-corrected chi connectivity index (χ1v) is 7.86. The molecule has 0 spiro atoms. The van der Waals surface area contributed by atoms with Crippen LogP contribution in [0.2, 0.25) is 0 Å². The molecule has 0 aliphatic heterocycles. The van der Waals surface area contributed by atoms with Gasteiger partial charge in [-0.15, -0.1) is 11.3 Å². The van der Waals surface area contributed by atoms with E-state index in [1.807, 2.05) is 22.3 Å². The lowest BCUT2D eigenvalue weighted by Gasteiger charge is -2.19. The predicted octanol–water partition coefficient (Wildman–Crippen LogP) is 3.74. The fraction of sp³-hybridized carbons (Fsp3) is 0.250. The van der Waals surface area contributed by atoms with Crippen molar-refractivity contribution in [2.75, 3.05) is 0 Å². The highest BCUT2D eigenvalue weighted by Crippen LogP contribution is 2.21. The minimum Gasteiger partial charge on any atom is -0.306 e. The fourth-order valence-corrected chi connectivity index (χ4v) is 2.99. The highest BCUT2D eigenvalue weighted by molar-refractivity contribution is 7.09. The van der Waals surface area contributed by atoms with Crippen molar-refractivity contribution < 1.29 is 0 Å². The van der Waals surface area contributed by atoms with Crippen LogP contribution in [0.15, 0.2) is 54.6 Å². The van der Waals surface area contributed by atoms with Gasteiger partial charge in [-0.1, -0.05) is 12.1 Å². The molecule has 2 aromatic heterocycles. The van der Waals surface area contributed by atoms with E-state index in [0.717, 1.165) is 10.7 Å². The van der Waals surface area contributed by atoms with Gasteiger partial charge in [0.25, 0.3) is 0 Å². The van der Waals surface area contributed by atoms with Gasteiger partial charge in [0.15, 0.2) is 0 Å². The SMILES string of the molecule is CC(NC(C)c1nccs1)c1ccc(-n2ccnc2)cc1. The number of aromatic nitrogens is 3. The molecule has 0 fully saturated rings. The van der Waals surface area contributed by atoms with Crippen LogP contribution >= 0.6 is 11.3 Å². The minimum absolute atomic E-state index is 0.258. The molecular formula is C16H18N4S. The summed E-state index contributed by atoms with van der Waals surface area (Å²) in [4.78, 5) is 8.43. The monoisotopic (exact) mass is 298 g/mol. The van der Waals surface area contributed by atoms with Crippen molar-refractivity contribution in [2.45, 2.75) is 25.9 Å². The van der Waals surface area contributed by atoms with Crippen molar-refractivity contribution in [1.29, 1.82) is 0 Å². The second-order valence-electron chi connectivity index (χ2n) is 5.04. The largest absolute Gasteiger partial charge is 0.306 e. The molecular weight excluding hydrogens is 280 g/mol. The average Bonchev–Trinajstić information content (AvgIpc) is 3.20. The number of hydrogen-bond acceptors (Lipinski definition) is 4. The van der Waals surface area contributed by atoms with Crippen molar-refractivity contribution in [3.05, 3.63) is 65.1 Å². The van der Waals surface area contributed by atoms with E-state index in [2.05, 4.69) is 53.4 Å². The first-order valence-electron chi connectivity index (χ1n) is 6.98. The Morgan fingerprint density at radius 2 is 1.90 bits per heavy atom. The van der Waals surface area contributed by atoms with E-state index in [1.165, 1.54) is 5.56 Å². The van der Waals surface area contributed by atoms with Gasteiger partial charge in [0.05, 0.1) is 12.4 Å². The van der Waals surface area contributed by atoms with Crippen LogP contribution in [0.4, 0.5) is 0 Å². The van der Waals surface area contributed by atoms with Gasteiger partial charge in [0.2, 0.25) is 0 Å². The van der Waals surface area contributed by atoms with Crippen LogP contribution in [0.3, 0.4) is 0 Å². The van der Waals surface area contributed by atoms with Gasteiger partial charge in [-0.3, -0.25) is 0 Å². The van der Waals surface area contributed by atoms with Crippen LogP contribution in [-0.4, -0.2) is 14.5 Å². The zero-order chi connectivity index (χ0) is 14.7. The van der Waals surface area contributed by atoms with Crippen LogP contribution in [0.25, 0.3) is 5.69 Å². The van der Waals surface area contributed by atoms with E-state index in [9.17, 15) is 0 Å². The standard InChI is InChI=1S/C16H18N4S/c1-12(19-13(2)16-18-8-10-21-16)14-3-5-15(6-4-14)20-9-7-17-11-20/h3-13,19H,1-2H3. The minimum atomic E-state index is 0.258. The summed E-state index contributed by atoms with van der Waals surface area (Å²) in [6.45, 7) is 4.32. The van der Waals surface area contributed by atoms with Crippen LogP contribution in [0, 0.1) is 0 Å². The maximum Gasteiger partial charge on any atom is 0.109 e. The summed E-state index contributed by atoms with van der Waals surface area (Å²) < 4.78 is 2.00. The number of rotatable bonds is 5. The van der Waals surface area contributed by atoms with Crippen LogP contribution in [0.1, 0.15) is 36.5 Å². The van der Waals surface area contributed by atoms with Crippen molar-refractivity contribution in [3.63, 3.8) is 0 Å². The maximum absolute atomic E-state index is 4.36. The summed E-state index contributed by atoms with van der Waals surface area (Å²) in [5, 5.41) is 6.72. The molecule has 3 aromatic rings. The molecule has 0 saturated carbocycles. The van der Waals surface area contributed by atoms with Gasteiger partial charge >= 0.3 is 0 Å². The van der Waals surface area contributed by atoms with E-state index < -0.39 is 0 Å². The third-order valence-corrected chi connectivity index (χ3v) is 4.48. The number of nitrogens with zero attached hydrogens (tertiary/aromatic N) is 3. The summed E-state index contributed by atoms with van der Waals surface area (Å²) in [7, 11) is 0. The van der Waals surface area contributed by atoms with E-state index in [-0.39, 0.29) is 12.1 Å². The van der Waals surface area contributed by atoms with Crippen molar-refractivity contribution >= 4 is 11.3 Å². The van der Waals surface area contributed by atoms with E-state index >= 15 is 0 Å². The number of hydrogen-bond donors (Lipinski definition) is 1. The van der Waals surface area contributed by atoms with Gasteiger partial charge in [-0.25, -0.2) is 9.97 Å². The van der Waals surface area contributed by atoms with Crippen molar-refractivity contribution in [1.82, 2.24) is 19.9 Å². The second kappa shape index (κ2) is 6.20. The van der Waals surface area contributed by atoms with Gasteiger partial charge in [-0.05, 0) is 31.5 Å². The van der Waals surface area contributed by atoms with Gasteiger partial charge in [-0.2, -0.15) is 0 Å². The van der Waals surface area contributed by atoms with E-state index in [1.54, 1.807) is 23.9 Å². The van der Waals surface area contributed by atoms with Crippen molar-refractivity contribution in [2.24, 2.45) is 0 Å². The summed E-state index contributed by atoms with van der Waals surface area (Å²) in [6.07, 6.45) is 7.39. The molecule has 2 heterocycles. The van der Waals surface area contributed by atoms with Crippen molar-refractivity contribution in [3.8, 4) is 5.69 Å². The number of imidazole rings is 1. The summed E-state index contributed by atoms with van der Waals surface area (Å²) in [5.74, 6) is 0. The molecule has 0 aliphatic rings. The van der Waals surface area contributed by atoms with Crippen LogP contribution in [-0.2, 0) is 0 Å². The zero-order valence-corrected chi connectivity index (χ0v) is 12.9. The Bertz CT molecular complexity index is 659. The molecule has 108 valence electrons. The molecule has 0 amide bonds. The molecule has 2 atom stereocenters. The Kier molecular flexibility index (Phi) is 4.13. The fourth-order valence-electron chi connectivity index (χ4n) is 2.34. The highest BCUT2D eigenvalue weighted by Gasteiger charge is 2.12. The lowest BCUT2D eigenvalue weighted by atomic mass is 10.1. The maximum atomic E-state index is 4.36. The average molecular weight is 298 g/mol. The Balaban J connectivity index is 1.69. The van der Waals surface area contributed by atoms with E-state index in [4.69, 9.17) is 0 Å². The predicted molar refractivity (Wildman–Crippen MR) is 85.6 cm³/mol. The Hall–Kier alpha value is -1.98. The zero-order valence-electron chi connectivity index (χ0n) is 12.1. The number of nitrogens with one attached hydrogen (secondary N) is 1. The lowest BCUT2D eigenvalue weighted by Crippen LogP contribution is -2.22. The molecule has 0 bridgehead atoms. The van der Waals surface area contributed by atoms with Crippen LogP contribution in [0.5, 0.6) is 0 Å². The molecule has 0 saturated heterocycles. The topological polar surface area (TPSA) is 42.7 Å². The first-order chi connectivity index (χ1) is 10.2. The molecule has 2 unspecified atom stereocenters. The highest BCUT2D eigenvalue weighted by atomic mass is 32.1. The van der Waals surface area contributed by atoms with Gasteiger partial charge < -0.3 is 9.88 Å². The van der Waals surface area contributed by atoms with Gasteiger partial charge in [0, 0.05) is 35.7 Å². The molecule has 0 aliphatic carbocycles. The lowest BCUT2D eigenvalue weighted by molar-refractivity contribution is 0.493. The normalized spacial score (nSPS) is 14.0. The summed E-state index contributed by atoms with van der Waals surface area (Å²) in [6, 6.07) is 9.07. The molecule has 1 N–H and O–H groups in total. The molecule has 0 radical (unpaired) electrons. The van der Waals surface area contributed by atoms with Gasteiger partial charge in [0.1, 0.15) is 5.01 Å². The Labute approximate surface area is 128 Å². The summed E-state index contributed by atoms with van der Waals surface area (Å²) >= 11 is 1.69. The third kappa shape index (κ3) is 3.20. The molecule has 21 heavy (non-hydrogen) atoms. The number of benzene rings is 1. The quantitative estimate of drug-likeness (QED) is 0.780. The Morgan fingerprint density at radius 3 is 2.52 bits per heavy atom. The Morgan fingerprint density at radius 1 is 1.10 bits per heavy atom. The smallest absolute Gasteiger partial charge is 0.109 e. The molecule has 1 aromatic carbocycles. The van der Waals surface area contributed by atoms with E-state index in [0.29, 0.717) is 0 Å². The first kappa shape index (κ1) is 14.0. The number of thiazole rings is 1. The molecule has 4 nitrogen and oxygen atoms in total. The third-order valence-electron chi connectivity index (χ3n) is 3.52.